The van der Waals surface area contributed by atoms with Gasteiger partial charge in [-0.05, 0) is 20.8 Å². The van der Waals surface area contributed by atoms with E-state index in [0.29, 0.717) is 6.54 Å². The molecule has 0 heterocycles. The van der Waals surface area contributed by atoms with Crippen molar-refractivity contribution in [3.05, 3.63) is 0 Å². The molecule has 0 rings (SSSR count). The van der Waals surface area contributed by atoms with Crippen molar-refractivity contribution in [3.8, 4) is 0 Å². The van der Waals surface area contributed by atoms with Gasteiger partial charge in [0.15, 0.2) is 0 Å². The average molecular weight is 440 g/mol. The molecule has 0 unspecified atom stereocenters. The fourth-order valence-electron chi connectivity index (χ4n) is 0.757. The monoisotopic (exact) mass is 440 g/mol. The average Bonchev–Trinajstić information content (AvgIpc) is 2.10. The molecule has 0 aromatic carbocycles. The lowest BCUT2D eigenvalue weighted by atomic mass is 10.2. The maximum absolute atomic E-state index is 11.5. The highest BCUT2D eigenvalue weighted by atomic mass is 127. The Morgan fingerprint density at radius 1 is 1.27 bits per heavy atom. The number of hydrogen-bond acceptors (Lipinski definition) is 3. The molecule has 0 aliphatic carbocycles. The minimum absolute atomic E-state index is 0.274. The first-order valence-electron chi connectivity index (χ1n) is 4.83. The first kappa shape index (κ1) is 15.7. The maximum atomic E-state index is 11.5. The van der Waals surface area contributed by atoms with Crippen molar-refractivity contribution in [1.29, 1.82) is 0 Å². The molecule has 0 saturated carbocycles. The lowest BCUT2D eigenvalue weighted by Gasteiger charge is -2.24. The lowest BCUT2D eigenvalue weighted by molar-refractivity contribution is 0.0427. The molecule has 0 aromatic heterocycles. The van der Waals surface area contributed by atoms with Crippen molar-refractivity contribution in [2.45, 2.75) is 33.3 Å². The largest absolute Gasteiger partial charge is 0.443 e. The zero-order valence-electron chi connectivity index (χ0n) is 9.59. The first-order valence-corrected chi connectivity index (χ1v) is 6.76. The Labute approximate surface area is 120 Å². The third-order valence-corrected chi connectivity index (χ3v) is 3.51. The Balaban J connectivity index is 3.90. The second kappa shape index (κ2) is 7.10. The van der Waals surface area contributed by atoms with Crippen LogP contribution in [-0.4, -0.2) is 37.6 Å². The molecule has 0 spiro atoms. The molecular formula is C9H18I2N2O2. The summed E-state index contributed by atoms with van der Waals surface area (Å²) < 4.78 is 8.92. The van der Waals surface area contributed by atoms with Crippen LogP contribution in [-0.2, 0) is 4.74 Å². The number of ether oxygens (including phenoxy) is 1. The van der Waals surface area contributed by atoms with E-state index >= 15 is 0 Å². The van der Waals surface area contributed by atoms with E-state index in [-0.39, 0.29) is 6.09 Å². The normalized spacial score (nSPS) is 11.7. The van der Waals surface area contributed by atoms with Gasteiger partial charge in [0.2, 0.25) is 0 Å². The maximum Gasteiger partial charge on any atom is 0.419 e. The number of rotatable bonds is 4. The number of likely N-dealkylation sites (N-methyl/N-ethyl adjacent to an activating group) is 1. The Kier molecular flexibility index (Phi) is 7.43. The summed E-state index contributed by atoms with van der Waals surface area (Å²) in [6.07, 6.45) is -0.274. The van der Waals surface area contributed by atoms with Crippen molar-refractivity contribution in [2.24, 2.45) is 0 Å². The van der Waals surface area contributed by atoms with Crippen molar-refractivity contribution in [3.63, 3.8) is 0 Å². The summed E-state index contributed by atoms with van der Waals surface area (Å²) >= 11 is 4.23. The summed E-state index contributed by atoms with van der Waals surface area (Å²) in [4.78, 5) is 11.5. The summed E-state index contributed by atoms with van der Waals surface area (Å²) in [6.45, 7) is 10.2. The van der Waals surface area contributed by atoms with Gasteiger partial charge in [0.1, 0.15) is 5.60 Å². The van der Waals surface area contributed by atoms with Crippen LogP contribution in [0.15, 0.2) is 0 Å². The molecule has 90 valence electrons. The quantitative estimate of drug-likeness (QED) is 0.498. The van der Waals surface area contributed by atoms with Gasteiger partial charge in [0.25, 0.3) is 0 Å². The van der Waals surface area contributed by atoms with Gasteiger partial charge in [-0.1, -0.05) is 6.92 Å². The van der Waals surface area contributed by atoms with Crippen molar-refractivity contribution in [1.82, 2.24) is 6.23 Å². The van der Waals surface area contributed by atoms with Crippen LogP contribution in [0.1, 0.15) is 27.7 Å². The standard InChI is InChI=1S/C9H18I2N2O2/c1-5-12(10)6-7-13(11)8(14)15-9(2,3)4/h5-7H2,1-4H3. The minimum Gasteiger partial charge on any atom is -0.443 e. The molecule has 1 amide bonds. The number of carbonyl (C=O) groups is 1. The topological polar surface area (TPSA) is 32.8 Å². The fraction of sp³-hybridized carbons (Fsp3) is 0.889. The van der Waals surface area contributed by atoms with Gasteiger partial charge in [-0.2, -0.15) is 0 Å². The zero-order valence-corrected chi connectivity index (χ0v) is 13.9. The van der Waals surface area contributed by atoms with E-state index in [1.165, 1.54) is 0 Å². The Morgan fingerprint density at radius 3 is 2.20 bits per heavy atom. The van der Waals surface area contributed by atoms with Crippen molar-refractivity contribution < 1.29 is 9.53 Å². The van der Waals surface area contributed by atoms with Crippen LogP contribution in [0.2, 0.25) is 0 Å². The van der Waals surface area contributed by atoms with Gasteiger partial charge in [-0.25, -0.2) is 11.0 Å². The minimum atomic E-state index is -0.421. The smallest absolute Gasteiger partial charge is 0.419 e. The van der Waals surface area contributed by atoms with Crippen LogP contribution in [0, 0.1) is 0 Å². The Hall–Kier alpha value is 0.690. The van der Waals surface area contributed by atoms with Crippen LogP contribution < -0.4 is 0 Å². The van der Waals surface area contributed by atoms with Gasteiger partial charge in [-0.15, -0.1) is 0 Å². The van der Waals surface area contributed by atoms with Crippen LogP contribution in [0.4, 0.5) is 4.79 Å². The fourth-order valence-corrected chi connectivity index (χ4v) is 1.29. The number of amides is 1. The third-order valence-electron chi connectivity index (χ3n) is 1.47. The van der Waals surface area contributed by atoms with Gasteiger partial charge >= 0.3 is 6.09 Å². The highest BCUT2D eigenvalue weighted by Crippen LogP contribution is 2.12. The van der Waals surface area contributed by atoms with Gasteiger partial charge in [0, 0.05) is 42.5 Å². The molecule has 0 saturated heterocycles. The summed E-state index contributed by atoms with van der Waals surface area (Å²) in [6, 6.07) is 0. The van der Waals surface area contributed by atoms with Gasteiger partial charge in [-0.3, -0.25) is 0 Å². The van der Waals surface area contributed by atoms with E-state index in [1.54, 1.807) is 3.11 Å². The SMILES string of the molecule is CCN(I)CCN(I)C(=O)OC(C)(C)C. The number of carbonyl (C=O) groups excluding carboxylic acids is 1. The second-order valence-corrected chi connectivity index (χ2v) is 6.60. The summed E-state index contributed by atoms with van der Waals surface area (Å²) in [5.74, 6) is 0. The molecule has 0 atom stereocenters. The summed E-state index contributed by atoms with van der Waals surface area (Å²) in [5.41, 5.74) is -0.421. The number of halogens is 2. The number of hydrogen-bond donors (Lipinski definition) is 0. The van der Waals surface area contributed by atoms with E-state index in [9.17, 15) is 4.79 Å². The molecule has 4 nitrogen and oxygen atoms in total. The molecule has 0 radical (unpaired) electrons. The van der Waals surface area contributed by atoms with Crippen molar-refractivity contribution in [2.75, 3.05) is 19.6 Å². The van der Waals surface area contributed by atoms with E-state index < -0.39 is 5.60 Å². The second-order valence-electron chi connectivity index (χ2n) is 4.07. The van der Waals surface area contributed by atoms with Crippen LogP contribution >= 0.6 is 45.7 Å². The van der Waals surface area contributed by atoms with E-state index in [1.807, 2.05) is 43.6 Å². The Bertz CT molecular complexity index is 207. The highest BCUT2D eigenvalue weighted by molar-refractivity contribution is 14.1. The summed E-state index contributed by atoms with van der Waals surface area (Å²) in [5, 5.41) is 0. The predicted molar refractivity (Wildman–Crippen MR) is 78.2 cm³/mol. The van der Waals surface area contributed by atoms with E-state index in [0.717, 1.165) is 13.1 Å². The highest BCUT2D eigenvalue weighted by Gasteiger charge is 2.20. The lowest BCUT2D eigenvalue weighted by Crippen LogP contribution is -2.34. The van der Waals surface area contributed by atoms with Crippen LogP contribution in [0.3, 0.4) is 0 Å². The van der Waals surface area contributed by atoms with Crippen LogP contribution in [0.25, 0.3) is 0 Å². The Morgan fingerprint density at radius 2 is 1.80 bits per heavy atom. The van der Waals surface area contributed by atoms with Gasteiger partial charge < -0.3 is 4.74 Å². The van der Waals surface area contributed by atoms with Crippen molar-refractivity contribution >= 4 is 51.8 Å². The van der Waals surface area contributed by atoms with E-state index in [4.69, 9.17) is 4.74 Å². The third kappa shape index (κ3) is 8.49. The molecular weight excluding hydrogens is 422 g/mol. The molecule has 0 aliphatic rings. The molecule has 0 aliphatic heterocycles. The molecule has 0 bridgehead atoms. The molecule has 15 heavy (non-hydrogen) atoms. The van der Waals surface area contributed by atoms with Gasteiger partial charge in [0.05, 0.1) is 22.9 Å². The predicted octanol–water partition coefficient (Wildman–Crippen LogP) is 3.25. The summed E-state index contributed by atoms with van der Waals surface area (Å²) in [7, 11) is 0. The number of nitrogens with zero attached hydrogens (tertiary/aromatic N) is 2. The van der Waals surface area contributed by atoms with E-state index in [2.05, 4.69) is 32.9 Å². The first-order chi connectivity index (χ1) is 6.76. The molecule has 0 N–H and O–H groups in total. The van der Waals surface area contributed by atoms with Crippen LogP contribution in [0.5, 0.6) is 0 Å². The molecule has 0 fully saturated rings. The molecule has 6 heteroatoms. The molecule has 0 aromatic rings. The zero-order chi connectivity index (χ0) is 12.1.